The third-order valence-electron chi connectivity index (χ3n) is 4.27. The van der Waals surface area contributed by atoms with Crippen molar-refractivity contribution >= 4 is 49.4 Å². The highest BCUT2D eigenvalue weighted by molar-refractivity contribution is 7.87. The zero-order chi connectivity index (χ0) is 28.3. The van der Waals surface area contributed by atoms with Crippen molar-refractivity contribution < 1.29 is 4.21 Å². The number of hydrogen-bond acceptors (Lipinski definition) is 5. The molecule has 3 aromatic heterocycles. The van der Waals surface area contributed by atoms with E-state index in [-0.39, 0.29) is 0 Å². The third kappa shape index (κ3) is 9.48. The Morgan fingerprint density at radius 1 is 0.842 bits per heavy atom. The molecule has 0 saturated heterocycles. The molecule has 1 aromatic carbocycles. The van der Waals surface area contributed by atoms with Crippen LogP contribution in [0.3, 0.4) is 0 Å². The van der Waals surface area contributed by atoms with E-state index in [2.05, 4.69) is 110 Å². The van der Waals surface area contributed by atoms with E-state index in [0.717, 1.165) is 31.9 Å². The molecular weight excluding hydrogens is 525 g/mol. The summed E-state index contributed by atoms with van der Waals surface area (Å²) < 4.78 is 12.7. The Labute approximate surface area is 234 Å². The number of rotatable bonds is 3. The molecule has 38 heavy (non-hydrogen) atoms. The number of hydrogen-bond donors (Lipinski definition) is 1. The number of nitrogen functional groups attached to an aromatic ring is 1. The summed E-state index contributed by atoms with van der Waals surface area (Å²) in [6, 6.07) is 16.3. The van der Waals surface area contributed by atoms with Gasteiger partial charge in [0.15, 0.2) is 0 Å². The summed E-state index contributed by atoms with van der Waals surface area (Å²) in [6.07, 6.45) is 1.66. The van der Waals surface area contributed by atoms with Crippen LogP contribution in [0.25, 0.3) is 31.9 Å². The fourth-order valence-corrected chi connectivity index (χ4v) is 5.46. The van der Waals surface area contributed by atoms with E-state index < -0.39 is 10.8 Å². The molecule has 0 spiro atoms. The summed E-state index contributed by atoms with van der Waals surface area (Å²) in [4.78, 5) is 6.73. The van der Waals surface area contributed by atoms with Crippen LogP contribution in [-0.2, 0) is 10.8 Å². The minimum absolute atomic E-state index is 0.583. The van der Waals surface area contributed by atoms with Gasteiger partial charge in [0.1, 0.15) is 9.04 Å². The van der Waals surface area contributed by atoms with Gasteiger partial charge < -0.3 is 5.73 Å². The smallest absolute Gasteiger partial charge is 0.127 e. The molecule has 1 atom stereocenters. The Balaban J connectivity index is 0.000000430. The Kier molecular flexibility index (Phi) is 14.7. The van der Waals surface area contributed by atoms with Gasteiger partial charge in [0.2, 0.25) is 0 Å². The highest BCUT2D eigenvalue weighted by atomic mass is 32.2. The summed E-state index contributed by atoms with van der Waals surface area (Å²) in [6.45, 7) is 19.2. The number of aromatic nitrogens is 1. The SMILES string of the molecule is C=C=C=C.C=C=C=C.C=C=C=C=C=C.CS(=O)c1sc2nc(-c3cccs3)cc(-c3ccccc3)c2c1N. The minimum Gasteiger partial charge on any atom is -0.396 e. The van der Waals surface area contributed by atoms with Gasteiger partial charge in [0, 0.05) is 11.6 Å². The normalized spacial score (nSPS) is 9.08. The quantitative estimate of drug-likeness (QED) is 0.260. The molecule has 4 aromatic rings. The van der Waals surface area contributed by atoms with Gasteiger partial charge in [-0.2, -0.15) is 0 Å². The second-order valence-corrected chi connectivity index (χ2v) is 10.2. The van der Waals surface area contributed by atoms with Crippen LogP contribution in [0.4, 0.5) is 5.69 Å². The molecule has 0 bridgehead atoms. The molecule has 188 valence electrons. The van der Waals surface area contributed by atoms with E-state index in [1.807, 2.05) is 29.6 Å². The van der Waals surface area contributed by atoms with Crippen molar-refractivity contribution in [3.63, 3.8) is 0 Å². The molecule has 0 aliphatic carbocycles. The molecule has 0 aliphatic rings. The first-order chi connectivity index (χ1) is 18.4. The molecule has 0 radical (unpaired) electrons. The predicted octanol–water partition coefficient (Wildman–Crippen LogP) is 8.66. The van der Waals surface area contributed by atoms with Crippen LogP contribution in [0.2, 0.25) is 0 Å². The van der Waals surface area contributed by atoms with Gasteiger partial charge in [-0.1, -0.05) is 70.8 Å². The van der Waals surface area contributed by atoms with Crippen LogP contribution >= 0.6 is 22.7 Å². The first-order valence-electron chi connectivity index (χ1n) is 10.7. The summed E-state index contributed by atoms with van der Waals surface area (Å²) in [5, 5.41) is 2.94. The Bertz CT molecular complexity index is 1620. The van der Waals surface area contributed by atoms with Crippen LogP contribution in [-0.4, -0.2) is 15.4 Å². The number of benzene rings is 1. The van der Waals surface area contributed by atoms with Crippen molar-refractivity contribution in [3.8, 4) is 21.7 Å². The molecular formula is C32H26N2OS3. The Morgan fingerprint density at radius 3 is 1.87 bits per heavy atom. The zero-order valence-corrected chi connectivity index (χ0v) is 23.5. The molecule has 0 saturated carbocycles. The average Bonchev–Trinajstić information content (AvgIpc) is 3.61. The van der Waals surface area contributed by atoms with Gasteiger partial charge in [-0.15, -0.1) is 22.7 Å². The van der Waals surface area contributed by atoms with Gasteiger partial charge in [-0.25, -0.2) is 4.98 Å². The van der Waals surface area contributed by atoms with Crippen molar-refractivity contribution in [3.05, 3.63) is 139 Å². The van der Waals surface area contributed by atoms with E-state index in [0.29, 0.717) is 9.90 Å². The monoisotopic (exact) mass is 550 g/mol. The largest absolute Gasteiger partial charge is 0.396 e. The van der Waals surface area contributed by atoms with Gasteiger partial charge in [-0.05, 0) is 79.6 Å². The summed E-state index contributed by atoms with van der Waals surface area (Å²) in [7, 11) is -1.13. The average molecular weight is 551 g/mol. The lowest BCUT2D eigenvalue weighted by Gasteiger charge is -2.07. The fourth-order valence-electron chi connectivity index (χ4n) is 2.80. The lowest BCUT2D eigenvalue weighted by molar-refractivity contribution is 0.688. The molecule has 3 nitrogen and oxygen atoms in total. The number of anilines is 1. The fraction of sp³-hybridized carbons (Fsp3) is 0.0312. The number of pyridine rings is 1. The summed E-state index contributed by atoms with van der Waals surface area (Å²) >= 11 is 3.08. The second-order valence-electron chi connectivity index (χ2n) is 6.65. The second kappa shape index (κ2) is 17.8. The summed E-state index contributed by atoms with van der Waals surface area (Å²) in [5.41, 5.74) is 28.8. The van der Waals surface area contributed by atoms with Crippen molar-refractivity contribution in [1.82, 2.24) is 4.98 Å². The topological polar surface area (TPSA) is 56.0 Å². The lowest BCUT2D eigenvalue weighted by atomic mass is 10.0. The number of nitrogens with zero attached hydrogens (tertiary/aromatic N) is 1. The molecule has 2 N–H and O–H groups in total. The van der Waals surface area contributed by atoms with Crippen molar-refractivity contribution in [2.24, 2.45) is 0 Å². The van der Waals surface area contributed by atoms with Crippen LogP contribution in [0.5, 0.6) is 0 Å². The van der Waals surface area contributed by atoms with Crippen molar-refractivity contribution in [2.45, 2.75) is 4.21 Å². The minimum atomic E-state index is -1.13. The molecule has 0 amide bonds. The zero-order valence-electron chi connectivity index (χ0n) is 21.1. The van der Waals surface area contributed by atoms with Crippen molar-refractivity contribution in [1.29, 1.82) is 0 Å². The van der Waals surface area contributed by atoms with E-state index in [1.54, 1.807) is 17.6 Å². The Hall–Kier alpha value is -4.56. The molecule has 4 rings (SSSR count). The molecule has 6 heteroatoms. The predicted molar refractivity (Wildman–Crippen MR) is 167 cm³/mol. The van der Waals surface area contributed by atoms with Crippen LogP contribution in [0.15, 0.2) is 143 Å². The first-order valence-corrected chi connectivity index (χ1v) is 13.9. The maximum atomic E-state index is 12.0. The number of fused-ring (bicyclic) bond motifs is 1. The highest BCUT2D eigenvalue weighted by Crippen LogP contribution is 2.42. The standard InChI is InChI=1S/C18H14N2OS3.C6H4.2C4H4/c1-24(21)18-16(19)15-12(11-6-3-2-4-7-11)10-13(20-17(15)23-18)14-8-5-9-22-14;1-3-5-6-4-2;2*1-3-4-2/h2-10H,19H2,1H3;1-2H2;2*1-2H2. The van der Waals surface area contributed by atoms with Crippen molar-refractivity contribution in [2.75, 3.05) is 12.0 Å². The molecule has 3 heterocycles. The van der Waals surface area contributed by atoms with Crippen LogP contribution in [0, 0.1) is 0 Å². The first kappa shape index (κ1) is 31.5. The van der Waals surface area contributed by atoms with Gasteiger partial charge in [-0.3, -0.25) is 4.21 Å². The van der Waals surface area contributed by atoms with Gasteiger partial charge >= 0.3 is 0 Å². The van der Waals surface area contributed by atoms with E-state index in [9.17, 15) is 4.21 Å². The van der Waals surface area contributed by atoms with Crippen LogP contribution in [0.1, 0.15) is 0 Å². The summed E-state index contributed by atoms with van der Waals surface area (Å²) in [5.74, 6) is 0. The number of thiophene rings is 2. The van der Waals surface area contributed by atoms with Gasteiger partial charge in [0.25, 0.3) is 0 Å². The van der Waals surface area contributed by atoms with E-state index >= 15 is 0 Å². The number of nitrogens with two attached hydrogens (primary N) is 1. The molecule has 0 aliphatic heterocycles. The van der Waals surface area contributed by atoms with Gasteiger partial charge in [0.05, 0.1) is 27.1 Å². The van der Waals surface area contributed by atoms with E-state index in [4.69, 9.17) is 10.7 Å². The van der Waals surface area contributed by atoms with Crippen LogP contribution < -0.4 is 5.73 Å². The van der Waals surface area contributed by atoms with E-state index in [1.165, 1.54) is 11.3 Å². The third-order valence-corrected chi connectivity index (χ3v) is 7.76. The Morgan fingerprint density at radius 2 is 1.42 bits per heavy atom. The maximum absolute atomic E-state index is 12.0. The maximum Gasteiger partial charge on any atom is 0.127 e. The lowest BCUT2D eigenvalue weighted by Crippen LogP contribution is -1.92. The molecule has 0 fully saturated rings. The highest BCUT2D eigenvalue weighted by Gasteiger charge is 2.19. The molecule has 1 unspecified atom stereocenters.